The molecule has 182 valence electrons. The first kappa shape index (κ1) is 25.2. The predicted molar refractivity (Wildman–Crippen MR) is 130 cm³/mol. The molecule has 10 nitrogen and oxygen atoms in total. The van der Waals surface area contributed by atoms with Gasteiger partial charge in [-0.3, -0.25) is 9.59 Å². The lowest BCUT2D eigenvalue weighted by atomic mass is 10.1. The van der Waals surface area contributed by atoms with Gasteiger partial charge in [-0.1, -0.05) is 30.3 Å². The van der Waals surface area contributed by atoms with E-state index < -0.39 is 23.6 Å². The first-order valence-corrected chi connectivity index (χ1v) is 10.8. The van der Waals surface area contributed by atoms with Crippen LogP contribution in [-0.2, 0) is 14.3 Å². The van der Waals surface area contributed by atoms with Crippen molar-refractivity contribution in [2.75, 3.05) is 10.6 Å². The Morgan fingerprint density at radius 3 is 2.23 bits per heavy atom. The highest BCUT2D eigenvalue weighted by molar-refractivity contribution is 5.97. The maximum absolute atomic E-state index is 13.1. The van der Waals surface area contributed by atoms with Crippen molar-refractivity contribution in [2.24, 2.45) is 0 Å². The average molecular weight is 478 g/mol. The number of ether oxygens (including phenoxy) is 2. The molecule has 1 aromatic heterocycles. The van der Waals surface area contributed by atoms with E-state index in [1.54, 1.807) is 69.3 Å². The van der Waals surface area contributed by atoms with E-state index in [2.05, 4.69) is 25.9 Å². The van der Waals surface area contributed by atoms with Gasteiger partial charge >= 0.3 is 6.09 Å². The molecule has 35 heavy (non-hydrogen) atoms. The Bertz CT molecular complexity index is 1180. The summed E-state index contributed by atoms with van der Waals surface area (Å²) in [4.78, 5) is 44.5. The molecule has 2 aromatic carbocycles. The van der Waals surface area contributed by atoms with E-state index >= 15 is 0 Å². The van der Waals surface area contributed by atoms with Crippen LogP contribution < -0.4 is 20.7 Å². The Kier molecular flexibility index (Phi) is 7.98. The van der Waals surface area contributed by atoms with Crippen molar-refractivity contribution in [3.05, 3.63) is 72.6 Å². The van der Waals surface area contributed by atoms with Crippen molar-refractivity contribution in [2.45, 2.75) is 39.3 Å². The van der Waals surface area contributed by atoms with Gasteiger partial charge in [0, 0.05) is 18.7 Å². The summed E-state index contributed by atoms with van der Waals surface area (Å²) in [5.74, 6) is 0.320. The maximum Gasteiger partial charge on any atom is 0.408 e. The monoisotopic (exact) mass is 477 g/mol. The van der Waals surface area contributed by atoms with E-state index in [0.717, 1.165) is 0 Å². The van der Waals surface area contributed by atoms with Crippen LogP contribution in [0.15, 0.2) is 67.0 Å². The summed E-state index contributed by atoms with van der Waals surface area (Å²) >= 11 is 0. The minimum Gasteiger partial charge on any atom is -0.444 e. The molecule has 0 spiro atoms. The van der Waals surface area contributed by atoms with E-state index in [1.807, 2.05) is 6.07 Å². The first-order chi connectivity index (χ1) is 16.6. The zero-order valence-electron chi connectivity index (χ0n) is 19.9. The summed E-state index contributed by atoms with van der Waals surface area (Å²) in [5, 5.41) is 7.98. The smallest absolute Gasteiger partial charge is 0.408 e. The summed E-state index contributed by atoms with van der Waals surface area (Å²) in [6, 6.07) is 16.0. The van der Waals surface area contributed by atoms with Crippen molar-refractivity contribution >= 4 is 29.4 Å². The zero-order valence-corrected chi connectivity index (χ0v) is 19.9. The highest BCUT2D eigenvalue weighted by Gasteiger charge is 2.26. The van der Waals surface area contributed by atoms with Crippen molar-refractivity contribution in [1.82, 2.24) is 15.3 Å². The van der Waals surface area contributed by atoms with Gasteiger partial charge in [0.2, 0.25) is 11.8 Å². The molecule has 3 amide bonds. The van der Waals surface area contributed by atoms with Crippen LogP contribution in [0.4, 0.5) is 16.3 Å². The Hall–Kier alpha value is -4.47. The normalized spacial score (nSPS) is 11.7. The molecule has 0 aliphatic rings. The van der Waals surface area contributed by atoms with Gasteiger partial charge in [-0.2, -0.15) is 0 Å². The fourth-order valence-electron chi connectivity index (χ4n) is 2.96. The van der Waals surface area contributed by atoms with Gasteiger partial charge in [0.05, 0.1) is 0 Å². The molecule has 0 saturated carbocycles. The largest absolute Gasteiger partial charge is 0.444 e. The number of nitrogens with zero attached hydrogens (tertiary/aromatic N) is 2. The molecule has 3 aromatic rings. The van der Waals surface area contributed by atoms with Crippen LogP contribution in [0.25, 0.3) is 0 Å². The third-order valence-corrected chi connectivity index (χ3v) is 4.35. The SMILES string of the molecule is CC(=O)Nc1cc(Oc2ccc(NC(=O)C(NC(=O)OC(C)(C)C)c3ccccc3)cc2)ncn1. The molecular weight excluding hydrogens is 450 g/mol. The van der Waals surface area contributed by atoms with Gasteiger partial charge < -0.3 is 25.4 Å². The number of alkyl carbamates (subject to hydrolysis) is 1. The summed E-state index contributed by atoms with van der Waals surface area (Å²) in [7, 11) is 0. The van der Waals surface area contributed by atoms with Crippen molar-refractivity contribution in [3.63, 3.8) is 0 Å². The van der Waals surface area contributed by atoms with Crippen LogP contribution in [0, 0.1) is 0 Å². The fraction of sp³-hybridized carbons (Fsp3) is 0.240. The number of aromatic nitrogens is 2. The van der Waals surface area contributed by atoms with E-state index in [1.165, 1.54) is 19.3 Å². The predicted octanol–water partition coefficient (Wildman–Crippen LogP) is 4.43. The second-order valence-corrected chi connectivity index (χ2v) is 8.53. The number of hydrogen-bond acceptors (Lipinski definition) is 7. The molecule has 1 unspecified atom stereocenters. The minimum atomic E-state index is -0.963. The highest BCUT2D eigenvalue weighted by Crippen LogP contribution is 2.24. The topological polar surface area (TPSA) is 132 Å². The number of benzene rings is 2. The molecule has 0 aliphatic heterocycles. The summed E-state index contributed by atoms with van der Waals surface area (Å²) in [6.07, 6.45) is 0.574. The van der Waals surface area contributed by atoms with E-state index in [-0.39, 0.29) is 11.8 Å². The van der Waals surface area contributed by atoms with Gasteiger partial charge in [-0.25, -0.2) is 14.8 Å². The number of rotatable bonds is 7. The summed E-state index contributed by atoms with van der Waals surface area (Å²) in [6.45, 7) is 6.61. The molecule has 1 heterocycles. The third-order valence-electron chi connectivity index (χ3n) is 4.35. The zero-order chi connectivity index (χ0) is 25.4. The van der Waals surface area contributed by atoms with Crippen LogP contribution in [0.5, 0.6) is 11.6 Å². The summed E-state index contributed by atoms with van der Waals surface area (Å²) < 4.78 is 11.0. The van der Waals surface area contributed by atoms with E-state index in [4.69, 9.17) is 9.47 Å². The first-order valence-electron chi connectivity index (χ1n) is 10.8. The Labute approximate surface area is 203 Å². The van der Waals surface area contributed by atoms with Crippen LogP contribution >= 0.6 is 0 Å². The average Bonchev–Trinajstić information content (AvgIpc) is 2.78. The molecule has 0 aliphatic carbocycles. The number of carbonyl (C=O) groups excluding carboxylic acids is 3. The van der Waals surface area contributed by atoms with Gasteiger partial charge in [0.1, 0.15) is 29.5 Å². The standard InChI is InChI=1S/C25H27N5O5/c1-16(31)28-20-14-21(27-15-26-20)34-19-12-10-18(11-13-19)29-23(32)22(17-8-6-5-7-9-17)30-24(33)35-25(2,3)4/h5-15,22H,1-4H3,(H,29,32)(H,30,33)(H,26,27,28,31). The number of carbonyl (C=O) groups is 3. The quantitative estimate of drug-likeness (QED) is 0.459. The van der Waals surface area contributed by atoms with Crippen LogP contribution in [0.2, 0.25) is 0 Å². The lowest BCUT2D eigenvalue weighted by Gasteiger charge is -2.23. The lowest BCUT2D eigenvalue weighted by molar-refractivity contribution is -0.118. The Balaban J connectivity index is 1.69. The number of anilines is 2. The van der Waals surface area contributed by atoms with Crippen LogP contribution in [-0.4, -0.2) is 33.5 Å². The fourth-order valence-corrected chi connectivity index (χ4v) is 2.96. The van der Waals surface area contributed by atoms with Gasteiger partial charge in [0.25, 0.3) is 5.91 Å². The van der Waals surface area contributed by atoms with Gasteiger partial charge in [-0.05, 0) is 50.6 Å². The molecule has 0 fully saturated rings. The Morgan fingerprint density at radius 2 is 1.60 bits per heavy atom. The lowest BCUT2D eigenvalue weighted by Crippen LogP contribution is -2.40. The number of hydrogen-bond donors (Lipinski definition) is 3. The van der Waals surface area contributed by atoms with Gasteiger partial charge in [-0.15, -0.1) is 0 Å². The molecule has 10 heteroatoms. The highest BCUT2D eigenvalue weighted by atomic mass is 16.6. The summed E-state index contributed by atoms with van der Waals surface area (Å²) in [5.41, 5.74) is 0.398. The molecule has 1 atom stereocenters. The minimum absolute atomic E-state index is 0.242. The van der Waals surface area contributed by atoms with Gasteiger partial charge in [0.15, 0.2) is 0 Å². The van der Waals surface area contributed by atoms with Crippen molar-refractivity contribution in [1.29, 1.82) is 0 Å². The van der Waals surface area contributed by atoms with Crippen LogP contribution in [0.1, 0.15) is 39.3 Å². The molecule has 0 radical (unpaired) electrons. The molecule has 0 saturated heterocycles. The van der Waals surface area contributed by atoms with Crippen molar-refractivity contribution in [3.8, 4) is 11.6 Å². The van der Waals surface area contributed by atoms with E-state index in [0.29, 0.717) is 22.8 Å². The maximum atomic E-state index is 13.1. The number of amides is 3. The molecule has 3 N–H and O–H groups in total. The molecular formula is C25H27N5O5. The van der Waals surface area contributed by atoms with Crippen molar-refractivity contribution < 1.29 is 23.9 Å². The Morgan fingerprint density at radius 1 is 0.914 bits per heavy atom. The van der Waals surface area contributed by atoms with Crippen LogP contribution in [0.3, 0.4) is 0 Å². The second-order valence-electron chi connectivity index (χ2n) is 8.53. The molecule has 0 bridgehead atoms. The number of nitrogens with one attached hydrogen (secondary N) is 3. The third kappa shape index (κ3) is 8.11. The second kappa shape index (κ2) is 11.1. The van der Waals surface area contributed by atoms with E-state index in [9.17, 15) is 14.4 Å². The molecule has 3 rings (SSSR count).